The maximum absolute atomic E-state index is 13.3. The number of carbonyl (C=O) groups is 1. The van der Waals surface area contributed by atoms with Crippen molar-refractivity contribution in [3.05, 3.63) is 117 Å². The van der Waals surface area contributed by atoms with Gasteiger partial charge in [0, 0.05) is 6.42 Å². The zero-order valence-corrected chi connectivity index (χ0v) is 24.1. The highest BCUT2D eigenvalue weighted by Gasteiger charge is 2.25. The van der Waals surface area contributed by atoms with E-state index in [4.69, 9.17) is 9.84 Å². The van der Waals surface area contributed by atoms with Crippen molar-refractivity contribution >= 4 is 5.78 Å². The number of ketones is 1. The van der Waals surface area contributed by atoms with Crippen molar-refractivity contribution in [2.24, 2.45) is 0 Å². The maximum Gasteiger partial charge on any atom is 0.346 e. The van der Waals surface area contributed by atoms with Gasteiger partial charge in [0.05, 0.1) is 13.1 Å². The highest BCUT2D eigenvalue weighted by molar-refractivity contribution is 5.84. The Balaban J connectivity index is 0.00000205. The summed E-state index contributed by atoms with van der Waals surface area (Å²) in [6.07, 6.45) is 2.40. The van der Waals surface area contributed by atoms with Crippen LogP contribution in [0, 0.1) is 6.92 Å². The Morgan fingerprint density at radius 2 is 1.41 bits per heavy atom. The molecule has 0 atom stereocenters. The lowest BCUT2D eigenvalue weighted by molar-refractivity contribution is -0.129. The summed E-state index contributed by atoms with van der Waals surface area (Å²) in [6, 6.07) is 26.1. The van der Waals surface area contributed by atoms with E-state index in [1.54, 1.807) is 23.1 Å². The molecule has 39 heavy (non-hydrogen) atoms. The molecule has 0 fully saturated rings. The molecule has 4 rings (SSSR count). The lowest BCUT2D eigenvalue weighted by atomic mass is 10.0. The van der Waals surface area contributed by atoms with E-state index in [1.807, 2.05) is 80.6 Å². The predicted molar refractivity (Wildman–Crippen MR) is 158 cm³/mol. The summed E-state index contributed by atoms with van der Waals surface area (Å²) < 4.78 is 9.21. The zero-order chi connectivity index (χ0) is 28.4. The van der Waals surface area contributed by atoms with E-state index in [-0.39, 0.29) is 11.5 Å². The molecule has 0 amide bonds. The van der Waals surface area contributed by atoms with E-state index in [2.05, 4.69) is 19.1 Å². The van der Waals surface area contributed by atoms with Crippen LogP contribution in [0.3, 0.4) is 0 Å². The molecule has 206 valence electrons. The molecule has 3 aromatic carbocycles. The van der Waals surface area contributed by atoms with Crippen molar-refractivity contribution in [1.82, 2.24) is 14.3 Å². The van der Waals surface area contributed by atoms with Crippen molar-refractivity contribution in [2.75, 3.05) is 0 Å². The largest absolute Gasteiger partial charge is 0.480 e. The number of Topliss-reactive ketones (excluding diaryl/α,β-unsaturated/α-hetero) is 1. The first-order valence-electron chi connectivity index (χ1n) is 13.8. The van der Waals surface area contributed by atoms with Crippen molar-refractivity contribution in [1.29, 1.82) is 0 Å². The average molecular weight is 528 g/mol. The van der Waals surface area contributed by atoms with Crippen molar-refractivity contribution in [3.63, 3.8) is 0 Å². The van der Waals surface area contributed by atoms with Crippen LogP contribution in [0.15, 0.2) is 83.7 Å². The van der Waals surface area contributed by atoms with E-state index < -0.39 is 5.60 Å². The number of rotatable bonds is 11. The molecule has 0 bridgehead atoms. The van der Waals surface area contributed by atoms with E-state index in [1.165, 1.54) is 18.1 Å². The van der Waals surface area contributed by atoms with Gasteiger partial charge in [0.1, 0.15) is 11.6 Å². The molecule has 6 nitrogen and oxygen atoms in total. The Kier molecular flexibility index (Phi) is 10.4. The van der Waals surface area contributed by atoms with Crippen LogP contribution in [0.4, 0.5) is 0 Å². The molecule has 0 aliphatic rings. The molecule has 0 radical (unpaired) electrons. The molecule has 0 aliphatic carbocycles. The van der Waals surface area contributed by atoms with Crippen LogP contribution in [-0.2, 0) is 30.7 Å². The van der Waals surface area contributed by atoms with Gasteiger partial charge in [-0.3, -0.25) is 9.36 Å². The van der Waals surface area contributed by atoms with E-state index in [9.17, 15) is 9.59 Å². The molecule has 1 aromatic heterocycles. The quantitative estimate of drug-likeness (QED) is 0.226. The summed E-state index contributed by atoms with van der Waals surface area (Å²) in [5.74, 6) is 1.46. The first-order chi connectivity index (χ1) is 18.7. The number of hydrogen-bond donors (Lipinski definition) is 0. The summed E-state index contributed by atoms with van der Waals surface area (Å²) in [6.45, 7) is 12.1. The van der Waals surface area contributed by atoms with Crippen LogP contribution < -0.4 is 10.4 Å². The number of hydrogen-bond acceptors (Lipinski definition) is 4. The first kappa shape index (κ1) is 29.6. The normalized spacial score (nSPS) is 11.0. The standard InChI is InChI=1S/C31H35N3O3.C2H6/c1-23-13-15-27(16-14-23)22-34-30(36)33(21-26-9-6-5-7-10-26)29(32-34)12-8-11-25-17-19-28(20-18-25)37-31(3,4)24(2)35;1-2/h5-7,9-10,13-20H,8,11-12,21-22H2,1-4H3;1-2H3. The van der Waals surface area contributed by atoms with Gasteiger partial charge in [-0.05, 0) is 69.4 Å². The molecule has 0 N–H and O–H groups in total. The Bertz CT molecular complexity index is 1380. The Morgan fingerprint density at radius 3 is 2.03 bits per heavy atom. The fourth-order valence-corrected chi connectivity index (χ4v) is 4.11. The third-order valence-corrected chi connectivity index (χ3v) is 6.65. The summed E-state index contributed by atoms with van der Waals surface area (Å²) in [7, 11) is 0. The van der Waals surface area contributed by atoms with Crippen molar-refractivity contribution in [2.45, 2.75) is 79.5 Å². The summed E-state index contributed by atoms with van der Waals surface area (Å²) >= 11 is 0. The van der Waals surface area contributed by atoms with Crippen LogP contribution in [0.25, 0.3) is 0 Å². The van der Waals surface area contributed by atoms with Gasteiger partial charge < -0.3 is 4.74 Å². The van der Waals surface area contributed by atoms with Gasteiger partial charge in [-0.25, -0.2) is 9.48 Å². The third kappa shape index (κ3) is 8.28. The Hall–Kier alpha value is -3.93. The smallest absolute Gasteiger partial charge is 0.346 e. The lowest BCUT2D eigenvalue weighted by Crippen LogP contribution is -2.36. The summed E-state index contributed by atoms with van der Waals surface area (Å²) in [5, 5.41) is 4.74. The van der Waals surface area contributed by atoms with Gasteiger partial charge in [0.2, 0.25) is 0 Å². The van der Waals surface area contributed by atoms with E-state index in [0.29, 0.717) is 25.3 Å². The van der Waals surface area contributed by atoms with Crippen LogP contribution in [0.1, 0.15) is 69.1 Å². The van der Waals surface area contributed by atoms with Gasteiger partial charge in [-0.2, -0.15) is 5.10 Å². The molecule has 0 unspecified atom stereocenters. The summed E-state index contributed by atoms with van der Waals surface area (Å²) in [4.78, 5) is 25.1. The molecule has 0 saturated carbocycles. The molecule has 0 spiro atoms. The van der Waals surface area contributed by atoms with Crippen molar-refractivity contribution < 1.29 is 9.53 Å². The third-order valence-electron chi connectivity index (χ3n) is 6.65. The molecular formula is C33H41N3O3. The zero-order valence-electron chi connectivity index (χ0n) is 24.1. The van der Waals surface area contributed by atoms with E-state index in [0.717, 1.165) is 29.8 Å². The minimum Gasteiger partial charge on any atom is -0.480 e. The molecule has 0 aliphatic heterocycles. The van der Waals surface area contributed by atoms with Gasteiger partial charge >= 0.3 is 5.69 Å². The summed E-state index contributed by atoms with van der Waals surface area (Å²) in [5.41, 5.74) is 3.55. The number of carbonyl (C=O) groups excluding carboxylic acids is 1. The van der Waals surface area contributed by atoms with Gasteiger partial charge in [0.25, 0.3) is 0 Å². The average Bonchev–Trinajstić information content (AvgIpc) is 3.21. The Labute approximate surface area is 232 Å². The minimum atomic E-state index is -0.846. The second-order valence-electron chi connectivity index (χ2n) is 10.1. The minimum absolute atomic E-state index is 0.0139. The van der Waals surface area contributed by atoms with E-state index >= 15 is 0 Å². The van der Waals surface area contributed by atoms with Gasteiger partial charge in [-0.1, -0.05) is 86.1 Å². The highest BCUT2D eigenvalue weighted by atomic mass is 16.5. The SMILES string of the molecule is CC.CC(=O)C(C)(C)Oc1ccc(CCCc2nn(Cc3ccc(C)cc3)c(=O)n2Cc2ccccc2)cc1. The number of benzene rings is 3. The predicted octanol–water partition coefficient (Wildman–Crippen LogP) is 6.40. The maximum atomic E-state index is 13.3. The molecule has 1 heterocycles. The number of nitrogens with zero attached hydrogens (tertiary/aromatic N) is 3. The fourth-order valence-electron chi connectivity index (χ4n) is 4.11. The second-order valence-corrected chi connectivity index (χ2v) is 10.1. The fraction of sp³-hybridized carbons (Fsp3) is 0.364. The van der Waals surface area contributed by atoms with Crippen LogP contribution in [0.2, 0.25) is 0 Å². The molecule has 0 saturated heterocycles. The van der Waals surface area contributed by atoms with Gasteiger partial charge in [0.15, 0.2) is 11.4 Å². The number of aryl methyl sites for hydroxylation is 3. The number of aromatic nitrogens is 3. The lowest BCUT2D eigenvalue weighted by Gasteiger charge is -2.23. The second kappa shape index (κ2) is 13.7. The first-order valence-corrected chi connectivity index (χ1v) is 13.8. The van der Waals surface area contributed by atoms with Crippen LogP contribution in [0.5, 0.6) is 5.75 Å². The molecule has 4 aromatic rings. The Morgan fingerprint density at radius 1 is 0.821 bits per heavy atom. The molecule has 6 heteroatoms. The molecular weight excluding hydrogens is 486 g/mol. The van der Waals surface area contributed by atoms with Crippen LogP contribution >= 0.6 is 0 Å². The highest BCUT2D eigenvalue weighted by Crippen LogP contribution is 2.20. The van der Waals surface area contributed by atoms with Crippen LogP contribution in [-0.4, -0.2) is 25.7 Å². The monoisotopic (exact) mass is 527 g/mol. The topological polar surface area (TPSA) is 66.1 Å². The number of ether oxygens (including phenoxy) is 1. The van der Waals surface area contributed by atoms with Crippen molar-refractivity contribution in [3.8, 4) is 5.75 Å². The van der Waals surface area contributed by atoms with Gasteiger partial charge in [-0.15, -0.1) is 0 Å².